The van der Waals surface area contributed by atoms with Crippen LogP contribution in [0.15, 0.2) is 0 Å². The highest BCUT2D eigenvalue weighted by Crippen LogP contribution is 1.93. The lowest BCUT2D eigenvalue weighted by Crippen LogP contribution is -2.34. The van der Waals surface area contributed by atoms with Crippen molar-refractivity contribution >= 4 is 11.9 Å². The maximum absolute atomic E-state index is 11.2. The molecule has 0 heterocycles. The minimum absolute atomic E-state index is 0.0764. The Morgan fingerprint density at radius 1 is 1.13 bits per heavy atom. The van der Waals surface area contributed by atoms with E-state index in [-0.39, 0.29) is 25.3 Å². The molecule has 6 heteroatoms. The summed E-state index contributed by atoms with van der Waals surface area (Å²) in [6.45, 7) is 0.257. The molecule has 0 aromatic rings. The van der Waals surface area contributed by atoms with E-state index in [1.165, 1.54) is 21.3 Å². The summed E-state index contributed by atoms with van der Waals surface area (Å²) in [4.78, 5) is 21.9. The fourth-order valence-electron chi connectivity index (χ4n) is 0.866. The fourth-order valence-corrected chi connectivity index (χ4v) is 0.866. The third kappa shape index (κ3) is 6.87. The molecular formula is C9H17NO5. The second kappa shape index (κ2) is 8.19. The number of hydrogen-bond donors (Lipinski definition) is 1. The van der Waals surface area contributed by atoms with Crippen molar-refractivity contribution in [3.8, 4) is 0 Å². The molecule has 88 valence electrons. The van der Waals surface area contributed by atoms with E-state index in [1.54, 1.807) is 0 Å². The quantitative estimate of drug-likeness (QED) is 0.469. The number of amides is 1. The number of hydrogen-bond acceptors (Lipinski definition) is 5. The number of methoxy groups -OCH3 is 3. The Morgan fingerprint density at radius 2 is 1.73 bits per heavy atom. The number of esters is 1. The molecule has 0 aromatic heterocycles. The van der Waals surface area contributed by atoms with E-state index in [2.05, 4.69) is 10.1 Å². The second-order valence-electron chi connectivity index (χ2n) is 2.78. The summed E-state index contributed by atoms with van der Waals surface area (Å²) in [7, 11) is 4.25. The zero-order chi connectivity index (χ0) is 11.7. The number of ether oxygens (including phenoxy) is 3. The number of carbonyl (C=O) groups excluding carboxylic acids is 2. The predicted molar refractivity (Wildman–Crippen MR) is 52.1 cm³/mol. The minimum atomic E-state index is -0.466. The fraction of sp³-hybridized carbons (Fsp3) is 0.778. The first-order valence-corrected chi connectivity index (χ1v) is 4.53. The van der Waals surface area contributed by atoms with Gasteiger partial charge in [-0.05, 0) is 0 Å². The third-order valence-electron chi connectivity index (χ3n) is 1.78. The SMILES string of the molecule is COC(=O)CCC(=O)NCC(OC)OC. The molecule has 0 aliphatic carbocycles. The van der Waals surface area contributed by atoms with Crippen LogP contribution in [-0.4, -0.2) is 46.0 Å². The molecule has 0 fully saturated rings. The summed E-state index contributed by atoms with van der Waals surface area (Å²) in [6, 6.07) is 0. The van der Waals surface area contributed by atoms with E-state index in [0.717, 1.165) is 0 Å². The molecule has 0 saturated carbocycles. The van der Waals surface area contributed by atoms with Crippen molar-refractivity contribution < 1.29 is 23.8 Å². The first kappa shape index (κ1) is 13.9. The second-order valence-corrected chi connectivity index (χ2v) is 2.78. The lowest BCUT2D eigenvalue weighted by Gasteiger charge is -2.13. The van der Waals surface area contributed by atoms with Gasteiger partial charge in [0.2, 0.25) is 5.91 Å². The van der Waals surface area contributed by atoms with Gasteiger partial charge >= 0.3 is 5.97 Å². The highest BCUT2D eigenvalue weighted by Gasteiger charge is 2.09. The Kier molecular flexibility index (Phi) is 7.57. The number of rotatable bonds is 7. The van der Waals surface area contributed by atoms with Gasteiger partial charge in [0, 0.05) is 20.6 Å². The molecular weight excluding hydrogens is 202 g/mol. The molecule has 0 bridgehead atoms. The molecule has 0 aliphatic rings. The van der Waals surface area contributed by atoms with E-state index in [9.17, 15) is 9.59 Å². The van der Waals surface area contributed by atoms with Crippen LogP contribution in [0, 0.1) is 0 Å². The van der Waals surface area contributed by atoms with Gasteiger partial charge in [0.15, 0.2) is 6.29 Å². The minimum Gasteiger partial charge on any atom is -0.469 e. The van der Waals surface area contributed by atoms with Crippen molar-refractivity contribution in [3.05, 3.63) is 0 Å². The molecule has 0 saturated heterocycles. The largest absolute Gasteiger partial charge is 0.469 e. The van der Waals surface area contributed by atoms with Crippen molar-refractivity contribution in [1.82, 2.24) is 5.32 Å². The molecule has 0 aromatic carbocycles. The average molecular weight is 219 g/mol. The molecule has 0 unspecified atom stereocenters. The van der Waals surface area contributed by atoms with E-state index < -0.39 is 12.3 Å². The van der Waals surface area contributed by atoms with Gasteiger partial charge < -0.3 is 19.5 Å². The molecule has 0 aliphatic heterocycles. The smallest absolute Gasteiger partial charge is 0.306 e. The summed E-state index contributed by atoms with van der Waals surface area (Å²) < 4.78 is 14.1. The van der Waals surface area contributed by atoms with Crippen LogP contribution in [0.3, 0.4) is 0 Å². The summed E-state index contributed by atoms with van der Waals surface area (Å²) >= 11 is 0. The highest BCUT2D eigenvalue weighted by atomic mass is 16.7. The first-order valence-electron chi connectivity index (χ1n) is 4.53. The maximum Gasteiger partial charge on any atom is 0.306 e. The first-order chi connectivity index (χ1) is 7.13. The number of nitrogens with one attached hydrogen (secondary N) is 1. The summed E-state index contributed by atoms with van der Waals surface area (Å²) in [5.74, 6) is -0.639. The maximum atomic E-state index is 11.2. The molecule has 6 nitrogen and oxygen atoms in total. The Morgan fingerprint density at radius 3 is 2.20 bits per heavy atom. The van der Waals surface area contributed by atoms with Crippen molar-refractivity contribution in [2.24, 2.45) is 0 Å². The number of carbonyl (C=O) groups is 2. The van der Waals surface area contributed by atoms with Crippen molar-refractivity contribution in [2.75, 3.05) is 27.9 Å². The third-order valence-corrected chi connectivity index (χ3v) is 1.78. The summed E-state index contributed by atoms with van der Waals surface area (Å²) in [5.41, 5.74) is 0. The Hall–Kier alpha value is -1.14. The van der Waals surface area contributed by atoms with Gasteiger partial charge in [-0.1, -0.05) is 0 Å². The topological polar surface area (TPSA) is 73.9 Å². The van der Waals surface area contributed by atoms with Crippen LogP contribution in [0.5, 0.6) is 0 Å². The molecule has 0 rings (SSSR count). The molecule has 0 atom stereocenters. The molecule has 0 radical (unpaired) electrons. The van der Waals surface area contributed by atoms with Crippen molar-refractivity contribution in [1.29, 1.82) is 0 Å². The van der Waals surface area contributed by atoms with Gasteiger partial charge in [0.1, 0.15) is 0 Å². The normalized spacial score (nSPS) is 10.1. The zero-order valence-corrected chi connectivity index (χ0v) is 9.24. The van der Waals surface area contributed by atoms with Gasteiger partial charge in [-0.25, -0.2) is 0 Å². The van der Waals surface area contributed by atoms with Crippen LogP contribution in [0.1, 0.15) is 12.8 Å². The van der Waals surface area contributed by atoms with Gasteiger partial charge in [-0.15, -0.1) is 0 Å². The average Bonchev–Trinajstić information content (AvgIpc) is 2.27. The van der Waals surface area contributed by atoms with Crippen molar-refractivity contribution in [3.63, 3.8) is 0 Å². The molecule has 1 N–H and O–H groups in total. The molecule has 1 amide bonds. The van der Waals surface area contributed by atoms with Gasteiger partial charge in [-0.3, -0.25) is 9.59 Å². The highest BCUT2D eigenvalue weighted by molar-refractivity contribution is 5.81. The van der Waals surface area contributed by atoms with E-state index in [0.29, 0.717) is 0 Å². The van der Waals surface area contributed by atoms with Gasteiger partial charge in [0.25, 0.3) is 0 Å². The van der Waals surface area contributed by atoms with E-state index in [1.807, 2.05) is 0 Å². The lowest BCUT2D eigenvalue weighted by molar-refractivity contribution is -0.142. The predicted octanol–water partition coefficient (Wildman–Crippen LogP) is -0.325. The summed E-state index contributed by atoms with van der Waals surface area (Å²) in [6.07, 6.45) is -0.285. The van der Waals surface area contributed by atoms with E-state index >= 15 is 0 Å². The molecule has 15 heavy (non-hydrogen) atoms. The van der Waals surface area contributed by atoms with Crippen LogP contribution >= 0.6 is 0 Å². The zero-order valence-electron chi connectivity index (χ0n) is 9.24. The Balaban J connectivity index is 3.61. The van der Waals surface area contributed by atoms with Crippen LogP contribution in [-0.2, 0) is 23.8 Å². The van der Waals surface area contributed by atoms with Gasteiger partial charge in [0.05, 0.1) is 20.1 Å². The van der Waals surface area contributed by atoms with Crippen molar-refractivity contribution in [2.45, 2.75) is 19.1 Å². The standard InChI is InChI=1S/C9H17NO5/c1-13-8(12)5-4-7(11)10-6-9(14-2)15-3/h9H,4-6H2,1-3H3,(H,10,11). The lowest BCUT2D eigenvalue weighted by atomic mass is 10.3. The Bertz CT molecular complexity index is 203. The Labute approximate surface area is 88.9 Å². The van der Waals surface area contributed by atoms with Gasteiger partial charge in [-0.2, -0.15) is 0 Å². The van der Waals surface area contributed by atoms with Crippen LogP contribution in [0.4, 0.5) is 0 Å². The van der Waals surface area contributed by atoms with Crippen LogP contribution in [0.2, 0.25) is 0 Å². The summed E-state index contributed by atoms with van der Waals surface area (Å²) in [5, 5.41) is 2.57. The van der Waals surface area contributed by atoms with Crippen LogP contribution in [0.25, 0.3) is 0 Å². The monoisotopic (exact) mass is 219 g/mol. The molecule has 0 spiro atoms. The van der Waals surface area contributed by atoms with Crippen LogP contribution < -0.4 is 5.32 Å². The van der Waals surface area contributed by atoms with E-state index in [4.69, 9.17) is 9.47 Å².